The van der Waals surface area contributed by atoms with Gasteiger partial charge in [0.2, 0.25) is 11.8 Å². The normalized spacial score (nSPS) is 33.6. The standard InChI is InChI=1S/C20H29N5O2S/c26-18-3-1-2-17-14-10-15(12-23(11-14)13-16-4-5-21-22-16)19(25(17)18)20(27)24-6-8-28-9-7-24/h4-5,14-15,17,19H,1-3,6-13H2,(H,21,22)/t14-,15+,17-,19+/m0/s1. The molecule has 1 aromatic heterocycles. The molecule has 4 saturated heterocycles. The molecule has 0 radical (unpaired) electrons. The highest BCUT2D eigenvalue weighted by atomic mass is 32.2. The molecule has 0 saturated carbocycles. The van der Waals surface area contributed by atoms with E-state index in [0.29, 0.717) is 12.3 Å². The van der Waals surface area contributed by atoms with E-state index in [1.54, 1.807) is 6.20 Å². The van der Waals surface area contributed by atoms with Crippen LogP contribution in [-0.2, 0) is 16.1 Å². The van der Waals surface area contributed by atoms with Gasteiger partial charge in [0.15, 0.2) is 0 Å². The van der Waals surface area contributed by atoms with Crippen molar-refractivity contribution in [2.24, 2.45) is 11.8 Å². The molecule has 7 nitrogen and oxygen atoms in total. The van der Waals surface area contributed by atoms with Crippen molar-refractivity contribution in [2.45, 2.75) is 44.3 Å². The third-order valence-electron chi connectivity index (χ3n) is 6.95. The van der Waals surface area contributed by atoms with Gasteiger partial charge in [-0.1, -0.05) is 0 Å². The number of aromatic nitrogens is 2. The summed E-state index contributed by atoms with van der Waals surface area (Å²) >= 11 is 1.91. The lowest BCUT2D eigenvalue weighted by Gasteiger charge is -2.56. The minimum atomic E-state index is -0.262. The van der Waals surface area contributed by atoms with Crippen molar-refractivity contribution >= 4 is 23.6 Å². The third kappa shape index (κ3) is 3.34. The van der Waals surface area contributed by atoms with Gasteiger partial charge < -0.3 is 9.80 Å². The number of thioether (sulfide) groups is 1. The van der Waals surface area contributed by atoms with E-state index >= 15 is 0 Å². The molecule has 5 heterocycles. The Labute approximate surface area is 170 Å². The van der Waals surface area contributed by atoms with Crippen molar-refractivity contribution in [3.8, 4) is 0 Å². The van der Waals surface area contributed by atoms with Crippen molar-refractivity contribution in [3.63, 3.8) is 0 Å². The number of carbonyl (C=O) groups is 2. The lowest BCUT2D eigenvalue weighted by Crippen LogP contribution is -2.68. The first-order valence-electron chi connectivity index (χ1n) is 10.6. The van der Waals surface area contributed by atoms with E-state index in [9.17, 15) is 9.59 Å². The van der Waals surface area contributed by atoms with Crippen LogP contribution < -0.4 is 0 Å². The van der Waals surface area contributed by atoms with Crippen molar-refractivity contribution in [3.05, 3.63) is 18.0 Å². The fraction of sp³-hybridized carbons (Fsp3) is 0.750. The fourth-order valence-electron chi connectivity index (χ4n) is 5.78. The maximum absolute atomic E-state index is 13.6. The summed E-state index contributed by atoms with van der Waals surface area (Å²) in [5.41, 5.74) is 1.12. The Morgan fingerprint density at radius 3 is 2.86 bits per heavy atom. The molecule has 4 aliphatic rings. The molecule has 4 atom stereocenters. The third-order valence-corrected chi connectivity index (χ3v) is 7.89. The maximum atomic E-state index is 13.6. The van der Waals surface area contributed by atoms with Crippen LogP contribution in [0.2, 0.25) is 0 Å². The molecule has 0 spiro atoms. The second-order valence-electron chi connectivity index (χ2n) is 8.67. The second-order valence-corrected chi connectivity index (χ2v) is 9.90. The van der Waals surface area contributed by atoms with Crippen LogP contribution in [0.5, 0.6) is 0 Å². The highest BCUT2D eigenvalue weighted by Crippen LogP contribution is 2.42. The van der Waals surface area contributed by atoms with Crippen LogP contribution in [0, 0.1) is 11.8 Å². The average molecular weight is 404 g/mol. The topological polar surface area (TPSA) is 72.5 Å². The Bertz CT molecular complexity index is 720. The van der Waals surface area contributed by atoms with Gasteiger partial charge in [0.25, 0.3) is 0 Å². The number of aromatic amines is 1. The van der Waals surface area contributed by atoms with Gasteiger partial charge >= 0.3 is 0 Å². The largest absolute Gasteiger partial charge is 0.339 e. The summed E-state index contributed by atoms with van der Waals surface area (Å²) in [7, 11) is 0. The van der Waals surface area contributed by atoms with E-state index in [2.05, 4.69) is 15.1 Å². The number of fused-ring (bicyclic) bond motifs is 4. The SMILES string of the molecule is O=C([C@H]1[C@@H]2C[C@@H](CN(Cc3ccn[nH]3)C2)[C@@H]2CCCC(=O)N21)N1CCSCC1. The molecular formula is C20H29N5O2S. The van der Waals surface area contributed by atoms with Gasteiger partial charge in [-0.2, -0.15) is 16.9 Å². The molecule has 1 N–H and O–H groups in total. The smallest absolute Gasteiger partial charge is 0.245 e. The summed E-state index contributed by atoms with van der Waals surface area (Å²) in [5.74, 6) is 3.14. The number of amides is 2. The predicted octanol–water partition coefficient (Wildman–Crippen LogP) is 1.19. The molecule has 2 amide bonds. The van der Waals surface area contributed by atoms with Crippen LogP contribution in [0.15, 0.2) is 12.3 Å². The van der Waals surface area contributed by atoms with Gasteiger partial charge in [0.05, 0.1) is 0 Å². The van der Waals surface area contributed by atoms with Gasteiger partial charge in [-0.25, -0.2) is 0 Å². The quantitative estimate of drug-likeness (QED) is 0.821. The number of rotatable bonds is 3. The monoisotopic (exact) mass is 403 g/mol. The minimum Gasteiger partial charge on any atom is -0.339 e. The minimum absolute atomic E-state index is 0.201. The van der Waals surface area contributed by atoms with E-state index in [4.69, 9.17) is 0 Å². The lowest BCUT2D eigenvalue weighted by atomic mass is 9.71. The van der Waals surface area contributed by atoms with Crippen molar-refractivity contribution in [1.29, 1.82) is 0 Å². The highest BCUT2D eigenvalue weighted by Gasteiger charge is 2.52. The molecule has 0 aliphatic carbocycles. The molecule has 4 aliphatic heterocycles. The van der Waals surface area contributed by atoms with Crippen LogP contribution in [0.3, 0.4) is 0 Å². The molecular weight excluding hydrogens is 374 g/mol. The predicted molar refractivity (Wildman–Crippen MR) is 108 cm³/mol. The number of hydrogen-bond acceptors (Lipinski definition) is 5. The van der Waals surface area contributed by atoms with E-state index in [1.165, 1.54) is 0 Å². The zero-order valence-corrected chi connectivity index (χ0v) is 17.1. The number of hydrogen-bond donors (Lipinski definition) is 1. The molecule has 28 heavy (non-hydrogen) atoms. The zero-order chi connectivity index (χ0) is 19.1. The first-order valence-corrected chi connectivity index (χ1v) is 11.7. The van der Waals surface area contributed by atoms with Crippen molar-refractivity contribution in [2.75, 3.05) is 37.7 Å². The Hall–Kier alpha value is -1.54. The van der Waals surface area contributed by atoms with Crippen molar-refractivity contribution < 1.29 is 9.59 Å². The van der Waals surface area contributed by atoms with Gasteiger partial charge in [-0.15, -0.1) is 0 Å². The maximum Gasteiger partial charge on any atom is 0.245 e. The van der Waals surface area contributed by atoms with Crippen LogP contribution in [0.1, 0.15) is 31.4 Å². The van der Waals surface area contributed by atoms with Crippen LogP contribution >= 0.6 is 11.8 Å². The van der Waals surface area contributed by atoms with Gasteiger partial charge in [0.1, 0.15) is 6.04 Å². The Balaban J connectivity index is 1.41. The molecule has 152 valence electrons. The van der Waals surface area contributed by atoms with Gasteiger partial charge in [-0.3, -0.25) is 19.6 Å². The zero-order valence-electron chi connectivity index (χ0n) is 16.3. The Morgan fingerprint density at radius 1 is 1.25 bits per heavy atom. The Morgan fingerprint density at radius 2 is 2.07 bits per heavy atom. The van der Waals surface area contributed by atoms with Crippen LogP contribution in [0.4, 0.5) is 0 Å². The van der Waals surface area contributed by atoms with Crippen LogP contribution in [0.25, 0.3) is 0 Å². The van der Waals surface area contributed by atoms with Gasteiger partial charge in [-0.05, 0) is 31.2 Å². The van der Waals surface area contributed by atoms with E-state index in [-0.39, 0.29) is 29.8 Å². The van der Waals surface area contributed by atoms with Crippen molar-refractivity contribution in [1.82, 2.24) is 24.9 Å². The average Bonchev–Trinajstić information content (AvgIpc) is 3.22. The second kappa shape index (κ2) is 7.71. The molecule has 4 fully saturated rings. The summed E-state index contributed by atoms with van der Waals surface area (Å²) < 4.78 is 0. The summed E-state index contributed by atoms with van der Waals surface area (Å²) in [6.45, 7) is 4.37. The molecule has 8 heteroatoms. The van der Waals surface area contributed by atoms with E-state index in [0.717, 1.165) is 69.2 Å². The van der Waals surface area contributed by atoms with Gasteiger partial charge in [0, 0.05) is 74.5 Å². The fourth-order valence-corrected chi connectivity index (χ4v) is 6.69. The van der Waals surface area contributed by atoms with Crippen LogP contribution in [-0.4, -0.2) is 86.5 Å². The van der Waals surface area contributed by atoms with E-state index in [1.807, 2.05) is 27.6 Å². The summed E-state index contributed by atoms with van der Waals surface area (Å²) in [6.07, 6.45) is 5.48. The molecule has 2 bridgehead atoms. The number of H-pyrrole nitrogens is 1. The molecule has 0 unspecified atom stereocenters. The summed E-state index contributed by atoms with van der Waals surface area (Å²) in [5, 5.41) is 7.14. The first kappa shape index (κ1) is 18.5. The number of nitrogens with one attached hydrogen (secondary N) is 1. The number of nitrogens with zero attached hydrogens (tertiary/aromatic N) is 4. The first-order chi connectivity index (χ1) is 13.7. The van der Waals surface area contributed by atoms with E-state index < -0.39 is 0 Å². The summed E-state index contributed by atoms with van der Waals surface area (Å²) in [6, 6.07) is 1.99. The molecule has 5 rings (SSSR count). The summed E-state index contributed by atoms with van der Waals surface area (Å²) in [4.78, 5) is 33.0. The Kier molecular flexibility index (Phi) is 5.09. The number of carbonyl (C=O) groups excluding carboxylic acids is 2. The number of piperidine rings is 3. The highest BCUT2D eigenvalue weighted by molar-refractivity contribution is 7.99. The molecule has 1 aromatic rings. The lowest BCUT2D eigenvalue weighted by molar-refractivity contribution is -0.165. The number of likely N-dealkylation sites (tertiary alicyclic amines) is 1. The molecule has 0 aromatic carbocycles.